The summed E-state index contributed by atoms with van der Waals surface area (Å²) in [6, 6.07) is 32.3. The van der Waals surface area contributed by atoms with Crippen LogP contribution in [0.15, 0.2) is 103 Å². The number of hydrogen-bond acceptors (Lipinski definition) is 19. The van der Waals surface area contributed by atoms with Gasteiger partial charge in [0, 0.05) is 70.2 Å². The molecular formula is C51H53BrCl2K2N12O6S3. The Morgan fingerprint density at radius 1 is 0.662 bits per heavy atom. The number of aromatic hydroxyl groups is 1. The van der Waals surface area contributed by atoms with Crippen molar-refractivity contribution in [1.29, 1.82) is 10.5 Å². The molecule has 0 spiro atoms. The number of aromatic amines is 2. The molecule has 0 saturated heterocycles. The zero-order valence-electron chi connectivity index (χ0n) is 43.3. The fraction of sp³-hybridized carbons (Fsp3) is 0.275. The van der Waals surface area contributed by atoms with Gasteiger partial charge in [-0.2, -0.15) is 36.8 Å². The molecule has 0 radical (unpaired) electrons. The van der Waals surface area contributed by atoms with E-state index in [1.165, 1.54) is 34.6 Å². The van der Waals surface area contributed by atoms with E-state index in [2.05, 4.69) is 80.7 Å². The molecule has 0 saturated carbocycles. The summed E-state index contributed by atoms with van der Waals surface area (Å²) in [4.78, 5) is 17.8. The topological polar surface area (TPSA) is 283 Å². The summed E-state index contributed by atoms with van der Waals surface area (Å²) < 4.78 is 35.6. The molecule has 0 aliphatic heterocycles. The summed E-state index contributed by atoms with van der Waals surface area (Å²) in [5, 5.41) is 42.0. The number of nitrogens with zero attached hydrogens (tertiary/aromatic N) is 8. The van der Waals surface area contributed by atoms with E-state index in [4.69, 9.17) is 64.1 Å². The van der Waals surface area contributed by atoms with Crippen LogP contribution in [-0.4, -0.2) is 97.7 Å². The number of rotatable bonds is 18. The molecule has 0 amide bonds. The van der Waals surface area contributed by atoms with Crippen LogP contribution >= 0.6 is 74.3 Å². The number of phenolic OH excluding ortho intramolecular Hbond substituents is 1. The molecule has 6 N–H and O–H groups in total. The van der Waals surface area contributed by atoms with Gasteiger partial charge in [0.15, 0.2) is 0 Å². The summed E-state index contributed by atoms with van der Waals surface area (Å²) in [6.45, 7) is 3.48. The maximum Gasteiger partial charge on any atom is 1.00 e. The van der Waals surface area contributed by atoms with Crippen molar-refractivity contribution in [3.8, 4) is 29.4 Å². The smallest absolute Gasteiger partial charge is 1.00 e. The quantitative estimate of drug-likeness (QED) is 0.0201. The van der Waals surface area contributed by atoms with Crippen molar-refractivity contribution in [2.45, 2.75) is 38.5 Å². The van der Waals surface area contributed by atoms with Crippen LogP contribution in [0.25, 0.3) is 54.9 Å². The molecule has 0 atom stereocenters. The van der Waals surface area contributed by atoms with Gasteiger partial charge in [0.2, 0.25) is 0 Å². The number of fused-ring (bicyclic) bond motifs is 5. The minimum atomic E-state index is -0.181. The van der Waals surface area contributed by atoms with E-state index in [0.29, 0.717) is 36.1 Å². The summed E-state index contributed by atoms with van der Waals surface area (Å²) in [5.41, 5.74) is 16.8. The predicted octanol–water partition coefficient (Wildman–Crippen LogP) is 4.24. The Balaban J connectivity index is 0.000000356. The number of nitrogens with two attached hydrogens (primary N) is 1. The van der Waals surface area contributed by atoms with E-state index >= 15 is 0 Å². The monoisotopic (exact) mass is 1250 g/mol. The van der Waals surface area contributed by atoms with Crippen LogP contribution < -0.4 is 129 Å². The second kappa shape index (κ2) is 40.0. The maximum absolute atomic E-state index is 9.07. The van der Waals surface area contributed by atoms with Gasteiger partial charge in [0.25, 0.3) is 6.47 Å². The largest absolute Gasteiger partial charge is 1.00 e. The van der Waals surface area contributed by atoms with E-state index in [1.54, 1.807) is 18.2 Å². The summed E-state index contributed by atoms with van der Waals surface area (Å²) in [5.74, 6) is 3.06. The Kier molecular flexibility index (Phi) is 35.3. The third-order valence-electron chi connectivity index (χ3n) is 10.4. The molecule has 0 unspecified atom stereocenters. The average Bonchev–Trinajstić information content (AvgIpc) is 4.33. The number of aryl methyl sites for hydroxylation is 2. The molecular weight excluding hydrogens is 1200 g/mol. The number of nitriles is 2. The molecule has 77 heavy (non-hydrogen) atoms. The van der Waals surface area contributed by atoms with E-state index < -0.39 is 0 Å². The van der Waals surface area contributed by atoms with Gasteiger partial charge in [-0.05, 0) is 136 Å². The number of H-pyrrole nitrogens is 2. The normalized spacial score (nSPS) is 10.0. The number of halogens is 3. The van der Waals surface area contributed by atoms with Gasteiger partial charge in [-0.15, -0.1) is 23.2 Å². The first-order valence-corrected chi connectivity index (χ1v) is 27.6. The number of hydrogen-bond donors (Lipinski definition) is 5. The number of nitrogens with one attached hydrogen (secondary N) is 3. The van der Waals surface area contributed by atoms with Crippen molar-refractivity contribution in [3.05, 3.63) is 126 Å². The molecule has 10 rings (SSSR count). The van der Waals surface area contributed by atoms with E-state index in [1.807, 2.05) is 79.0 Å². The molecule has 10 aromatic rings. The first-order chi connectivity index (χ1) is 36.8. The summed E-state index contributed by atoms with van der Waals surface area (Å²) in [6.07, 6.45) is 10.5. The van der Waals surface area contributed by atoms with E-state index in [9.17, 15) is 0 Å². The number of carbonyl (C=O) groups is 1. The van der Waals surface area contributed by atoms with Crippen LogP contribution in [-0.2, 0) is 22.5 Å². The van der Waals surface area contributed by atoms with Crippen molar-refractivity contribution < 1.29 is 134 Å². The SMILES string of the molecule is ClCCBr.ClCCOc1ccc2nsnc2c1.N#Cc1ccc2[nH]cc(CCCCN)c2c1.N#Cc1ccc2[nH]cc(CCCCNCCOc3ccc4nsnc4c3)c2c1.O=CO[O-].Oc1ccc2nsnc2c1.[H-].[K+].[K+]. The zero-order valence-corrected chi connectivity index (χ0v) is 54.1. The third-order valence-corrected chi connectivity index (χ3v) is 13.3. The molecule has 5 heterocycles. The van der Waals surface area contributed by atoms with E-state index in [-0.39, 0.29) is 116 Å². The van der Waals surface area contributed by atoms with E-state index in [0.717, 1.165) is 142 Å². The van der Waals surface area contributed by atoms with Crippen molar-refractivity contribution in [3.63, 3.8) is 0 Å². The number of alkyl halides is 3. The van der Waals surface area contributed by atoms with Crippen LogP contribution in [0.3, 0.4) is 0 Å². The molecule has 26 heteroatoms. The second-order valence-corrected chi connectivity index (χ2v) is 18.7. The Hall–Kier alpha value is -3.30. The van der Waals surface area contributed by atoms with Crippen LogP contribution in [0.5, 0.6) is 17.2 Å². The average molecular weight is 1260 g/mol. The fourth-order valence-electron chi connectivity index (χ4n) is 6.93. The Labute approximate surface area is 562 Å². The Bertz CT molecular complexity index is 3360. The van der Waals surface area contributed by atoms with Crippen molar-refractivity contribution in [1.82, 2.24) is 41.5 Å². The molecule has 18 nitrogen and oxygen atoms in total. The van der Waals surface area contributed by atoms with Gasteiger partial charge in [-0.25, -0.2) is 0 Å². The maximum atomic E-state index is 9.07. The molecule has 0 aliphatic rings. The standard InChI is InChI=1S/C21H21N5OS.C13H15N3.C8H7ClN2OS.C6H4N2OS.C2H4BrCl.CH2O3.2K.H/c22-13-15-4-6-19-18(11-15)16(14-24-19)3-1-2-8-23-9-10-27-17-5-7-20-21(12-17)26-28-25-20;14-6-2-1-3-11-9-16-13-5-4-10(8-15)7-12(11)13;9-3-4-12-6-1-2-7-8(5-6)11-13-10-7;9-4-1-2-5-6(3-4)8-10-7-5;3-1-2-4;2-1-4-3;;;/h4-7,11-12,14,23-24H,1-3,8-10H2;4-5,7,9,16H,1-3,6,14H2;1-2,5H,3-4H2;1-3,9H;1-2H2;1,3H;;;/q;;;;;;2*+1;-1/p-1. The van der Waals surface area contributed by atoms with Gasteiger partial charge < -0.3 is 47.2 Å². The molecule has 0 bridgehead atoms. The number of ether oxygens (including phenoxy) is 2. The third kappa shape index (κ3) is 23.8. The second-order valence-electron chi connectivity index (χ2n) is 15.5. The van der Waals surface area contributed by atoms with Gasteiger partial charge in [-0.3, -0.25) is 4.79 Å². The van der Waals surface area contributed by atoms with Crippen LogP contribution in [0, 0.1) is 22.7 Å². The molecule has 5 aromatic carbocycles. The first kappa shape index (κ1) is 68.0. The Morgan fingerprint density at radius 2 is 1.12 bits per heavy atom. The van der Waals surface area contributed by atoms with Crippen molar-refractivity contribution in [2.75, 3.05) is 49.9 Å². The van der Waals surface area contributed by atoms with Crippen LogP contribution in [0.1, 0.15) is 49.4 Å². The number of benzene rings is 5. The number of unbranched alkanes of at least 4 members (excludes halogenated alkanes) is 2. The van der Waals surface area contributed by atoms with Crippen LogP contribution in [0.2, 0.25) is 0 Å². The van der Waals surface area contributed by atoms with Crippen molar-refractivity contribution in [2.24, 2.45) is 5.73 Å². The van der Waals surface area contributed by atoms with Gasteiger partial charge >= 0.3 is 103 Å². The molecule has 0 fully saturated rings. The van der Waals surface area contributed by atoms with Gasteiger partial charge in [0.1, 0.15) is 63.6 Å². The molecule has 394 valence electrons. The van der Waals surface area contributed by atoms with Gasteiger partial charge in [0.05, 0.1) is 64.3 Å². The number of aromatic nitrogens is 8. The van der Waals surface area contributed by atoms with Crippen molar-refractivity contribution >= 4 is 136 Å². The predicted molar refractivity (Wildman–Crippen MR) is 302 cm³/mol. The fourth-order valence-corrected chi connectivity index (χ4v) is 8.56. The van der Waals surface area contributed by atoms with Gasteiger partial charge in [-0.1, -0.05) is 15.9 Å². The summed E-state index contributed by atoms with van der Waals surface area (Å²) in [7, 11) is 0. The number of phenols is 1. The molecule has 5 aromatic heterocycles. The molecule has 0 aliphatic carbocycles. The summed E-state index contributed by atoms with van der Waals surface area (Å²) >= 11 is 17.3. The minimum Gasteiger partial charge on any atom is -1.00 e. The zero-order chi connectivity index (χ0) is 53.5. The van der Waals surface area contributed by atoms with Crippen LogP contribution in [0.4, 0.5) is 0 Å². The minimum absolute atomic E-state index is 0. The number of carbonyl (C=O) groups excluding carboxylic acids is 1. The first-order valence-electron chi connectivity index (χ1n) is 23.2. The Morgan fingerprint density at radius 3 is 1.57 bits per heavy atom.